The van der Waals surface area contributed by atoms with E-state index in [1.54, 1.807) is 0 Å². The number of rotatable bonds is 3. The zero-order valence-corrected chi connectivity index (χ0v) is 12.1. The number of benzene rings is 1. The summed E-state index contributed by atoms with van der Waals surface area (Å²) in [6.45, 7) is 2.88. The Bertz CT molecular complexity index is 790. The zero-order chi connectivity index (χ0) is 15.8. The monoisotopic (exact) mass is 313 g/mol. The highest BCUT2D eigenvalue weighted by Gasteiger charge is 2.23. The summed E-state index contributed by atoms with van der Waals surface area (Å²) in [7, 11) is -3.99. The topological polar surface area (TPSA) is 85.1 Å². The molecule has 0 fully saturated rings. The summed E-state index contributed by atoms with van der Waals surface area (Å²) < 4.78 is 53.2. The van der Waals surface area contributed by atoms with Gasteiger partial charge in [0, 0.05) is 0 Å². The fourth-order valence-corrected chi connectivity index (χ4v) is 3.52. The van der Waals surface area contributed by atoms with E-state index in [2.05, 4.69) is 9.71 Å². The molecule has 0 unspecified atom stereocenters. The van der Waals surface area contributed by atoms with Crippen LogP contribution in [-0.4, -0.2) is 13.4 Å². The number of nitrogens with one attached hydrogen (secondary N) is 1. The number of nitrogen functional groups attached to an aromatic ring is 1. The van der Waals surface area contributed by atoms with E-state index >= 15 is 0 Å². The molecule has 1 aromatic carbocycles. The third-order valence-corrected chi connectivity index (χ3v) is 4.62. The smallest absolute Gasteiger partial charge is 0.262 e. The van der Waals surface area contributed by atoms with Crippen molar-refractivity contribution in [2.75, 3.05) is 10.5 Å². The van der Waals surface area contributed by atoms with Gasteiger partial charge in [-0.25, -0.2) is 17.8 Å². The third-order valence-electron chi connectivity index (χ3n) is 2.95. The van der Waals surface area contributed by atoms with Crippen molar-refractivity contribution in [3.8, 4) is 0 Å². The van der Waals surface area contributed by atoms with Crippen LogP contribution in [0.15, 0.2) is 29.3 Å². The zero-order valence-electron chi connectivity index (χ0n) is 11.3. The predicted octanol–water partition coefficient (Wildman–Crippen LogP) is 2.36. The number of sulfonamides is 1. The number of pyridine rings is 1. The molecule has 0 bridgehead atoms. The Morgan fingerprint density at radius 3 is 2.48 bits per heavy atom. The van der Waals surface area contributed by atoms with E-state index in [0.29, 0.717) is 0 Å². The first-order valence-electron chi connectivity index (χ1n) is 5.92. The van der Waals surface area contributed by atoms with Gasteiger partial charge in [0.15, 0.2) is 0 Å². The van der Waals surface area contributed by atoms with Gasteiger partial charge in [0.1, 0.15) is 5.82 Å². The molecule has 0 aliphatic carbocycles. The molecule has 0 aliphatic rings. The van der Waals surface area contributed by atoms with Gasteiger partial charge in [-0.1, -0.05) is 0 Å². The average molecular weight is 313 g/mol. The lowest BCUT2D eigenvalue weighted by Crippen LogP contribution is -2.17. The SMILES string of the molecule is Cc1cc(F)c(N)c(C)c1S(=O)(=O)Nc1ccc(F)nc1. The lowest BCUT2D eigenvalue weighted by molar-refractivity contribution is 0.583. The first-order valence-corrected chi connectivity index (χ1v) is 7.40. The standard InChI is InChI=1S/C13H13F2N3O2S/c1-7-5-10(14)12(16)8(2)13(7)21(19,20)18-9-3-4-11(15)17-6-9/h3-6,18H,16H2,1-2H3. The number of halogens is 2. The average Bonchev–Trinajstić information content (AvgIpc) is 2.38. The molecule has 0 atom stereocenters. The molecule has 0 saturated heterocycles. The van der Waals surface area contributed by atoms with Gasteiger partial charge < -0.3 is 5.73 Å². The van der Waals surface area contributed by atoms with E-state index in [-0.39, 0.29) is 27.4 Å². The molecule has 0 saturated carbocycles. The van der Waals surface area contributed by atoms with E-state index in [9.17, 15) is 17.2 Å². The molecule has 2 aromatic rings. The molecule has 2 rings (SSSR count). The Balaban J connectivity index is 2.50. The molecule has 1 aromatic heterocycles. The summed E-state index contributed by atoms with van der Waals surface area (Å²) in [5.74, 6) is -1.40. The Morgan fingerprint density at radius 1 is 1.24 bits per heavy atom. The first-order chi connectivity index (χ1) is 9.72. The minimum absolute atomic E-state index is 0.0955. The fraction of sp³-hybridized carbons (Fsp3) is 0.154. The van der Waals surface area contributed by atoms with Crippen LogP contribution in [0.1, 0.15) is 11.1 Å². The molecule has 0 aliphatic heterocycles. The Labute approximate surface area is 120 Å². The van der Waals surface area contributed by atoms with Gasteiger partial charge >= 0.3 is 0 Å². The maximum Gasteiger partial charge on any atom is 0.262 e. The summed E-state index contributed by atoms with van der Waals surface area (Å²) in [5, 5.41) is 0. The maximum atomic E-state index is 13.5. The highest BCUT2D eigenvalue weighted by Crippen LogP contribution is 2.28. The molecule has 0 radical (unpaired) electrons. The predicted molar refractivity (Wildman–Crippen MR) is 75.3 cm³/mol. The molecular formula is C13H13F2N3O2S. The number of hydrogen-bond acceptors (Lipinski definition) is 4. The van der Waals surface area contributed by atoms with Gasteiger partial charge in [0.05, 0.1) is 22.5 Å². The van der Waals surface area contributed by atoms with Crippen molar-refractivity contribution >= 4 is 21.4 Å². The second-order valence-electron chi connectivity index (χ2n) is 4.52. The number of nitrogens with zero attached hydrogens (tertiary/aromatic N) is 1. The van der Waals surface area contributed by atoms with E-state index in [1.807, 2.05) is 0 Å². The van der Waals surface area contributed by atoms with Crippen LogP contribution in [-0.2, 0) is 10.0 Å². The quantitative estimate of drug-likeness (QED) is 0.673. The summed E-state index contributed by atoms with van der Waals surface area (Å²) >= 11 is 0. The number of nitrogens with two attached hydrogens (primary N) is 1. The van der Waals surface area contributed by atoms with Crippen LogP contribution in [0, 0.1) is 25.6 Å². The van der Waals surface area contributed by atoms with Crippen molar-refractivity contribution in [2.24, 2.45) is 0 Å². The van der Waals surface area contributed by atoms with Crippen LogP contribution in [0.4, 0.5) is 20.2 Å². The molecule has 1 heterocycles. The van der Waals surface area contributed by atoms with Crippen molar-refractivity contribution in [2.45, 2.75) is 18.7 Å². The molecule has 3 N–H and O–H groups in total. The minimum Gasteiger partial charge on any atom is -0.396 e. The summed E-state index contributed by atoms with van der Waals surface area (Å²) in [4.78, 5) is 3.25. The van der Waals surface area contributed by atoms with E-state index in [4.69, 9.17) is 5.73 Å². The molecule has 0 amide bonds. The molecular weight excluding hydrogens is 300 g/mol. The molecule has 5 nitrogen and oxygen atoms in total. The van der Waals surface area contributed by atoms with Crippen molar-refractivity contribution in [1.29, 1.82) is 0 Å². The van der Waals surface area contributed by atoms with Gasteiger partial charge in [-0.15, -0.1) is 0 Å². The van der Waals surface area contributed by atoms with E-state index < -0.39 is 21.8 Å². The van der Waals surface area contributed by atoms with Crippen LogP contribution >= 0.6 is 0 Å². The van der Waals surface area contributed by atoms with Crippen LogP contribution in [0.3, 0.4) is 0 Å². The van der Waals surface area contributed by atoms with E-state index in [0.717, 1.165) is 18.3 Å². The number of aryl methyl sites for hydroxylation is 1. The normalized spacial score (nSPS) is 11.4. The summed E-state index contributed by atoms with van der Waals surface area (Å²) in [5.41, 5.74) is 5.75. The van der Waals surface area contributed by atoms with Gasteiger partial charge in [0.25, 0.3) is 10.0 Å². The Kier molecular flexibility index (Phi) is 3.82. The van der Waals surface area contributed by atoms with Crippen molar-refractivity contribution < 1.29 is 17.2 Å². The summed E-state index contributed by atoms with van der Waals surface area (Å²) in [6.07, 6.45) is 1.05. The number of anilines is 2. The molecule has 21 heavy (non-hydrogen) atoms. The van der Waals surface area contributed by atoms with Crippen LogP contribution in [0.2, 0.25) is 0 Å². The van der Waals surface area contributed by atoms with Gasteiger partial charge in [-0.2, -0.15) is 4.39 Å². The van der Waals surface area contributed by atoms with Crippen molar-refractivity contribution in [3.63, 3.8) is 0 Å². The first kappa shape index (κ1) is 15.2. The Morgan fingerprint density at radius 2 is 1.90 bits per heavy atom. The van der Waals surface area contributed by atoms with E-state index in [1.165, 1.54) is 19.9 Å². The second kappa shape index (κ2) is 5.28. The fourth-order valence-electron chi connectivity index (χ4n) is 1.99. The molecule has 112 valence electrons. The minimum atomic E-state index is -3.99. The highest BCUT2D eigenvalue weighted by molar-refractivity contribution is 7.92. The maximum absolute atomic E-state index is 13.5. The van der Waals surface area contributed by atoms with Crippen molar-refractivity contribution in [3.05, 3.63) is 47.3 Å². The van der Waals surface area contributed by atoms with Gasteiger partial charge in [0.2, 0.25) is 5.95 Å². The van der Waals surface area contributed by atoms with Gasteiger partial charge in [-0.05, 0) is 43.2 Å². The Hall–Kier alpha value is -2.22. The lowest BCUT2D eigenvalue weighted by Gasteiger charge is -2.14. The number of hydrogen-bond donors (Lipinski definition) is 2. The van der Waals surface area contributed by atoms with Crippen molar-refractivity contribution in [1.82, 2.24) is 4.98 Å². The second-order valence-corrected chi connectivity index (χ2v) is 6.14. The molecule has 0 spiro atoms. The van der Waals surface area contributed by atoms with Crippen LogP contribution in [0.5, 0.6) is 0 Å². The lowest BCUT2D eigenvalue weighted by atomic mass is 10.1. The van der Waals surface area contributed by atoms with Crippen LogP contribution in [0.25, 0.3) is 0 Å². The molecule has 8 heteroatoms. The van der Waals surface area contributed by atoms with Crippen LogP contribution < -0.4 is 10.5 Å². The number of aromatic nitrogens is 1. The summed E-state index contributed by atoms with van der Waals surface area (Å²) in [6, 6.07) is 3.31. The largest absolute Gasteiger partial charge is 0.396 e. The highest BCUT2D eigenvalue weighted by atomic mass is 32.2. The van der Waals surface area contributed by atoms with Gasteiger partial charge in [-0.3, -0.25) is 4.72 Å². The third kappa shape index (κ3) is 2.94.